The second kappa shape index (κ2) is 6.22. The zero-order valence-corrected chi connectivity index (χ0v) is 13.2. The molecule has 1 N–H and O–H groups in total. The smallest absolute Gasteiger partial charge is 0.341 e. The number of aliphatic carboxylic acids is 1. The van der Waals surface area contributed by atoms with Crippen molar-refractivity contribution in [3.63, 3.8) is 0 Å². The van der Waals surface area contributed by atoms with Gasteiger partial charge in [-0.05, 0) is 43.6 Å². The van der Waals surface area contributed by atoms with Gasteiger partial charge in [-0.15, -0.1) is 0 Å². The van der Waals surface area contributed by atoms with E-state index in [2.05, 4.69) is 4.98 Å². The number of aromatic nitrogens is 1. The number of carbonyl (C=O) groups is 1. The molecule has 1 aliphatic carbocycles. The highest BCUT2D eigenvalue weighted by molar-refractivity contribution is 7.98. The first-order valence-electron chi connectivity index (χ1n) is 6.86. The molecular formula is C15H20FNO3S. The summed E-state index contributed by atoms with van der Waals surface area (Å²) in [5.74, 6) is -1.37. The highest BCUT2D eigenvalue weighted by atomic mass is 32.2. The number of methoxy groups -OCH3 is 1. The van der Waals surface area contributed by atoms with Gasteiger partial charge in [-0.3, -0.25) is 0 Å². The Bertz CT molecular complexity index is 519. The van der Waals surface area contributed by atoms with Gasteiger partial charge in [0, 0.05) is 23.4 Å². The van der Waals surface area contributed by atoms with Gasteiger partial charge in [0.1, 0.15) is 0 Å². The van der Waals surface area contributed by atoms with Crippen LogP contribution in [-0.4, -0.2) is 35.1 Å². The lowest BCUT2D eigenvalue weighted by Gasteiger charge is -2.33. The zero-order chi connectivity index (χ0) is 15.6. The van der Waals surface area contributed by atoms with Crippen molar-refractivity contribution in [1.29, 1.82) is 0 Å². The van der Waals surface area contributed by atoms with Gasteiger partial charge in [-0.1, -0.05) is 0 Å². The number of carboxylic acids is 1. The molecule has 0 radical (unpaired) electrons. The summed E-state index contributed by atoms with van der Waals surface area (Å²) in [4.78, 5) is 15.4. The van der Waals surface area contributed by atoms with Crippen LogP contribution in [0, 0.1) is 11.8 Å². The Kier molecular flexibility index (Phi) is 4.76. The third-order valence-corrected chi connectivity index (χ3v) is 5.12. The lowest BCUT2D eigenvalue weighted by molar-refractivity contribution is -0.154. The van der Waals surface area contributed by atoms with E-state index in [0.717, 1.165) is 18.4 Å². The van der Waals surface area contributed by atoms with Crippen LogP contribution in [-0.2, 0) is 4.79 Å². The maximum atomic E-state index is 14.8. The highest BCUT2D eigenvalue weighted by Crippen LogP contribution is 2.53. The van der Waals surface area contributed by atoms with Crippen molar-refractivity contribution in [2.75, 3.05) is 13.4 Å². The molecule has 4 nitrogen and oxygen atoms in total. The molecule has 2 rings (SSSR count). The molecule has 6 heteroatoms. The molecular weight excluding hydrogens is 293 g/mol. The molecule has 0 aliphatic heterocycles. The van der Waals surface area contributed by atoms with Crippen LogP contribution in [0.4, 0.5) is 4.39 Å². The molecule has 0 bridgehead atoms. The van der Waals surface area contributed by atoms with E-state index < -0.39 is 17.6 Å². The van der Waals surface area contributed by atoms with Crippen molar-refractivity contribution in [2.24, 2.45) is 11.8 Å². The average molecular weight is 313 g/mol. The number of hydrogen-bond donors (Lipinski definition) is 1. The molecule has 116 valence electrons. The third-order valence-electron chi connectivity index (χ3n) is 4.05. The first-order valence-corrected chi connectivity index (χ1v) is 8.15. The quantitative estimate of drug-likeness (QED) is 0.836. The summed E-state index contributed by atoms with van der Waals surface area (Å²) in [6.45, 7) is 1.18. The van der Waals surface area contributed by atoms with Crippen molar-refractivity contribution in [3.8, 4) is 5.88 Å². The summed E-state index contributed by atoms with van der Waals surface area (Å²) in [5, 5.41) is 9.02. The molecule has 1 aliphatic rings. The van der Waals surface area contributed by atoms with Gasteiger partial charge in [-0.2, -0.15) is 11.8 Å². The van der Waals surface area contributed by atoms with E-state index in [9.17, 15) is 14.3 Å². The van der Waals surface area contributed by atoms with Crippen LogP contribution in [0.2, 0.25) is 0 Å². The molecule has 1 fully saturated rings. The average Bonchev–Trinajstić information content (AvgIpc) is 3.28. The van der Waals surface area contributed by atoms with Crippen LogP contribution >= 0.6 is 11.8 Å². The van der Waals surface area contributed by atoms with Crippen LogP contribution < -0.4 is 4.74 Å². The van der Waals surface area contributed by atoms with Crippen molar-refractivity contribution < 1.29 is 19.0 Å². The molecule has 0 aromatic carbocycles. The Hall–Kier alpha value is -1.30. The van der Waals surface area contributed by atoms with Gasteiger partial charge in [0.05, 0.1) is 7.11 Å². The fourth-order valence-electron chi connectivity index (χ4n) is 2.78. The molecule has 0 amide bonds. The number of thioether (sulfide) groups is 1. The summed E-state index contributed by atoms with van der Waals surface area (Å²) < 4.78 is 19.9. The minimum absolute atomic E-state index is 0.118. The van der Waals surface area contributed by atoms with Crippen molar-refractivity contribution in [1.82, 2.24) is 4.98 Å². The second-order valence-electron chi connectivity index (χ2n) is 5.53. The Morgan fingerprint density at radius 1 is 1.62 bits per heavy atom. The van der Waals surface area contributed by atoms with Crippen molar-refractivity contribution in [3.05, 3.63) is 23.9 Å². The van der Waals surface area contributed by atoms with Gasteiger partial charge in [0.25, 0.3) is 0 Å². The predicted octanol–water partition coefficient (Wildman–Crippen LogP) is 3.33. The van der Waals surface area contributed by atoms with E-state index in [1.807, 2.05) is 6.26 Å². The van der Waals surface area contributed by atoms with E-state index in [1.54, 1.807) is 18.3 Å². The molecule has 0 spiro atoms. The summed E-state index contributed by atoms with van der Waals surface area (Å²) in [7, 11) is 1.52. The second-order valence-corrected chi connectivity index (χ2v) is 6.51. The third kappa shape index (κ3) is 3.31. The first-order chi connectivity index (χ1) is 9.91. The minimum atomic E-state index is -2.24. The summed E-state index contributed by atoms with van der Waals surface area (Å²) in [6.07, 6.45) is 5.26. The normalized spacial score (nSPS) is 20.4. The van der Waals surface area contributed by atoms with E-state index in [4.69, 9.17) is 4.74 Å². The molecule has 1 heterocycles. The SMILES string of the molecule is COc1cc(C(SC)C(C2CC2)C(C)(F)C(=O)O)ccn1. The lowest BCUT2D eigenvalue weighted by atomic mass is 9.81. The number of nitrogens with zero attached hydrogens (tertiary/aromatic N) is 1. The molecule has 1 saturated carbocycles. The number of alkyl halides is 1. The van der Waals surface area contributed by atoms with Crippen LogP contribution in [0.1, 0.15) is 30.6 Å². The van der Waals surface area contributed by atoms with Crippen molar-refractivity contribution in [2.45, 2.75) is 30.7 Å². The minimum Gasteiger partial charge on any atom is -0.481 e. The van der Waals surface area contributed by atoms with Crippen LogP contribution in [0.3, 0.4) is 0 Å². The predicted molar refractivity (Wildman–Crippen MR) is 80.4 cm³/mol. The van der Waals surface area contributed by atoms with Gasteiger partial charge in [0.15, 0.2) is 0 Å². The largest absolute Gasteiger partial charge is 0.481 e. The van der Waals surface area contributed by atoms with E-state index >= 15 is 0 Å². The van der Waals surface area contributed by atoms with Gasteiger partial charge < -0.3 is 9.84 Å². The topological polar surface area (TPSA) is 59.4 Å². The molecule has 3 atom stereocenters. The number of hydrogen-bond acceptors (Lipinski definition) is 4. The molecule has 1 aromatic heterocycles. The monoisotopic (exact) mass is 313 g/mol. The van der Waals surface area contributed by atoms with Crippen LogP contribution in [0.25, 0.3) is 0 Å². The van der Waals surface area contributed by atoms with E-state index in [-0.39, 0.29) is 11.2 Å². The lowest BCUT2D eigenvalue weighted by Crippen LogP contribution is -2.42. The van der Waals surface area contributed by atoms with Crippen molar-refractivity contribution >= 4 is 17.7 Å². The van der Waals surface area contributed by atoms with Crippen LogP contribution in [0.15, 0.2) is 18.3 Å². The first kappa shape index (κ1) is 16.1. The van der Waals surface area contributed by atoms with Gasteiger partial charge in [-0.25, -0.2) is 14.2 Å². The maximum Gasteiger partial charge on any atom is 0.341 e. The fourth-order valence-corrected chi connectivity index (χ4v) is 3.97. The molecule has 21 heavy (non-hydrogen) atoms. The van der Waals surface area contributed by atoms with Gasteiger partial charge >= 0.3 is 5.97 Å². The summed E-state index contributed by atoms with van der Waals surface area (Å²) in [6, 6.07) is 3.56. The number of ether oxygens (including phenoxy) is 1. The fraction of sp³-hybridized carbons (Fsp3) is 0.600. The summed E-state index contributed by atoms with van der Waals surface area (Å²) >= 11 is 1.48. The Labute approximate surface area is 128 Å². The Morgan fingerprint density at radius 3 is 2.76 bits per heavy atom. The van der Waals surface area contributed by atoms with E-state index in [1.165, 1.54) is 25.8 Å². The highest BCUT2D eigenvalue weighted by Gasteiger charge is 2.53. The number of carboxylic acid groups (broad SMARTS) is 1. The Balaban J connectivity index is 2.38. The zero-order valence-electron chi connectivity index (χ0n) is 12.4. The van der Waals surface area contributed by atoms with Crippen LogP contribution in [0.5, 0.6) is 5.88 Å². The number of pyridine rings is 1. The number of rotatable bonds is 7. The maximum absolute atomic E-state index is 14.8. The Morgan fingerprint density at radius 2 is 2.29 bits per heavy atom. The summed E-state index contributed by atoms with van der Waals surface area (Å²) in [5.41, 5.74) is -1.39. The standard InChI is InChI=1S/C15H20FNO3S/c1-15(16,14(18)19)12(9-4-5-9)13(21-3)10-6-7-17-11(8-10)20-2/h6-9,12-13H,4-5H2,1-3H3,(H,18,19). The molecule has 3 unspecified atom stereocenters. The number of halogens is 1. The van der Waals surface area contributed by atoms with E-state index in [0.29, 0.717) is 5.88 Å². The van der Waals surface area contributed by atoms with Gasteiger partial charge in [0.2, 0.25) is 11.5 Å². The molecule has 0 saturated heterocycles. The molecule has 1 aromatic rings.